The molecule has 2 saturated carbocycles. The Labute approximate surface area is 159 Å². The summed E-state index contributed by atoms with van der Waals surface area (Å²) in [6.45, 7) is 0.534. The Bertz CT molecular complexity index is 566. The zero-order valence-corrected chi connectivity index (χ0v) is 16.1. The maximum absolute atomic E-state index is 10.7. The van der Waals surface area contributed by atoms with E-state index in [4.69, 9.17) is 0 Å². The smallest absolute Gasteiger partial charge is 0.269 e. The SMILES string of the molecule is I.O=[N+]([O-])c1ccc(CN=C(NC2CCCCC2)NC2CC2)cc1. The number of hydrogen-bond donors (Lipinski definition) is 2. The number of nitrogens with zero attached hydrogens (tertiary/aromatic N) is 2. The zero-order chi connectivity index (χ0) is 16.1. The standard InChI is InChI=1S/C17H24N4O2.HI/c22-21(23)16-10-6-13(7-11-16)12-18-17(20-15-8-9-15)19-14-4-2-1-3-5-14;/h6-7,10-11,14-15H,1-5,8-9,12H2,(H2,18,19,20);1H. The monoisotopic (exact) mass is 444 g/mol. The Morgan fingerprint density at radius 2 is 1.62 bits per heavy atom. The van der Waals surface area contributed by atoms with Gasteiger partial charge in [0, 0.05) is 24.2 Å². The summed E-state index contributed by atoms with van der Waals surface area (Å²) in [5.74, 6) is 0.887. The fraction of sp³-hybridized carbons (Fsp3) is 0.588. The molecule has 0 unspecified atom stereocenters. The minimum absolute atomic E-state index is 0. The third-order valence-corrected chi connectivity index (χ3v) is 4.43. The first kappa shape index (κ1) is 19.0. The molecule has 0 spiro atoms. The van der Waals surface area contributed by atoms with Crippen LogP contribution in [0.4, 0.5) is 5.69 Å². The highest BCUT2D eigenvalue weighted by Crippen LogP contribution is 2.20. The number of nitro benzene ring substituents is 1. The van der Waals surface area contributed by atoms with Crippen molar-refractivity contribution < 1.29 is 4.92 Å². The maximum Gasteiger partial charge on any atom is 0.269 e. The molecule has 24 heavy (non-hydrogen) atoms. The molecule has 1 aromatic carbocycles. The summed E-state index contributed by atoms with van der Waals surface area (Å²) in [5.41, 5.74) is 1.10. The van der Waals surface area contributed by atoms with E-state index >= 15 is 0 Å². The second-order valence-electron chi connectivity index (χ2n) is 6.49. The van der Waals surface area contributed by atoms with Crippen LogP contribution in [0.5, 0.6) is 0 Å². The molecule has 6 nitrogen and oxygen atoms in total. The summed E-state index contributed by atoms with van der Waals surface area (Å²) in [7, 11) is 0. The maximum atomic E-state index is 10.7. The lowest BCUT2D eigenvalue weighted by molar-refractivity contribution is -0.384. The van der Waals surface area contributed by atoms with Gasteiger partial charge in [0.15, 0.2) is 5.96 Å². The number of non-ortho nitro benzene ring substituents is 1. The van der Waals surface area contributed by atoms with Gasteiger partial charge in [-0.3, -0.25) is 10.1 Å². The number of aliphatic imine (C=N–C) groups is 1. The quantitative estimate of drug-likeness (QED) is 0.239. The van der Waals surface area contributed by atoms with Crippen molar-refractivity contribution >= 4 is 35.6 Å². The van der Waals surface area contributed by atoms with Crippen LogP contribution in [0, 0.1) is 10.1 Å². The zero-order valence-electron chi connectivity index (χ0n) is 13.7. The van der Waals surface area contributed by atoms with Crippen LogP contribution in [0.15, 0.2) is 29.3 Å². The Morgan fingerprint density at radius 1 is 1.04 bits per heavy atom. The van der Waals surface area contributed by atoms with Gasteiger partial charge in [0.25, 0.3) is 5.69 Å². The van der Waals surface area contributed by atoms with Gasteiger partial charge < -0.3 is 10.6 Å². The van der Waals surface area contributed by atoms with Crippen LogP contribution in [0.1, 0.15) is 50.5 Å². The van der Waals surface area contributed by atoms with Crippen LogP contribution < -0.4 is 10.6 Å². The molecule has 0 atom stereocenters. The van der Waals surface area contributed by atoms with E-state index in [2.05, 4.69) is 15.6 Å². The molecule has 7 heteroatoms. The van der Waals surface area contributed by atoms with Crippen molar-refractivity contribution in [2.75, 3.05) is 0 Å². The van der Waals surface area contributed by atoms with E-state index in [1.807, 2.05) is 0 Å². The van der Waals surface area contributed by atoms with E-state index in [0.717, 1.165) is 11.5 Å². The third kappa shape index (κ3) is 5.92. The van der Waals surface area contributed by atoms with Crippen LogP contribution in [0.2, 0.25) is 0 Å². The normalized spacial score (nSPS) is 18.6. The molecule has 0 heterocycles. The minimum Gasteiger partial charge on any atom is -0.354 e. The van der Waals surface area contributed by atoms with Gasteiger partial charge in [-0.1, -0.05) is 31.4 Å². The van der Waals surface area contributed by atoms with Crippen molar-refractivity contribution in [2.24, 2.45) is 4.99 Å². The van der Waals surface area contributed by atoms with E-state index in [0.29, 0.717) is 18.6 Å². The largest absolute Gasteiger partial charge is 0.354 e. The van der Waals surface area contributed by atoms with Crippen LogP contribution in [0.25, 0.3) is 0 Å². The molecule has 2 aliphatic carbocycles. The summed E-state index contributed by atoms with van der Waals surface area (Å²) < 4.78 is 0. The summed E-state index contributed by atoms with van der Waals surface area (Å²) in [5, 5.41) is 17.7. The van der Waals surface area contributed by atoms with E-state index in [1.165, 1.54) is 57.1 Å². The first-order valence-corrected chi connectivity index (χ1v) is 8.51. The Morgan fingerprint density at radius 3 is 2.17 bits per heavy atom. The van der Waals surface area contributed by atoms with Crippen LogP contribution in [-0.4, -0.2) is 23.0 Å². The van der Waals surface area contributed by atoms with Gasteiger partial charge in [-0.2, -0.15) is 0 Å². The van der Waals surface area contributed by atoms with Crippen molar-refractivity contribution in [2.45, 2.75) is 63.6 Å². The highest BCUT2D eigenvalue weighted by Gasteiger charge is 2.23. The fourth-order valence-electron chi connectivity index (χ4n) is 2.89. The van der Waals surface area contributed by atoms with Gasteiger partial charge in [-0.15, -0.1) is 24.0 Å². The summed E-state index contributed by atoms with van der Waals surface area (Å²) in [6.07, 6.45) is 8.76. The lowest BCUT2D eigenvalue weighted by atomic mass is 9.96. The minimum atomic E-state index is -0.377. The molecule has 2 aliphatic rings. The van der Waals surface area contributed by atoms with Gasteiger partial charge in [0.1, 0.15) is 0 Å². The molecule has 0 saturated heterocycles. The molecular formula is C17H25IN4O2. The molecule has 0 aliphatic heterocycles. The molecule has 0 amide bonds. The van der Waals surface area contributed by atoms with E-state index in [-0.39, 0.29) is 34.6 Å². The van der Waals surface area contributed by atoms with E-state index in [1.54, 1.807) is 12.1 Å². The van der Waals surface area contributed by atoms with Crippen LogP contribution in [-0.2, 0) is 6.54 Å². The molecule has 2 N–H and O–H groups in total. The predicted molar refractivity (Wildman–Crippen MR) is 106 cm³/mol. The first-order chi connectivity index (χ1) is 11.2. The molecular weight excluding hydrogens is 419 g/mol. The number of nitro groups is 1. The summed E-state index contributed by atoms with van der Waals surface area (Å²) in [6, 6.07) is 7.70. The second-order valence-corrected chi connectivity index (χ2v) is 6.49. The summed E-state index contributed by atoms with van der Waals surface area (Å²) in [4.78, 5) is 15.0. The fourth-order valence-corrected chi connectivity index (χ4v) is 2.89. The molecule has 2 fully saturated rings. The molecule has 132 valence electrons. The van der Waals surface area contributed by atoms with Gasteiger partial charge in [-0.05, 0) is 31.2 Å². The number of benzene rings is 1. The molecule has 0 aromatic heterocycles. The Balaban J connectivity index is 0.00000208. The number of guanidine groups is 1. The van der Waals surface area contributed by atoms with E-state index < -0.39 is 0 Å². The first-order valence-electron chi connectivity index (χ1n) is 8.51. The van der Waals surface area contributed by atoms with Gasteiger partial charge in [-0.25, -0.2) is 4.99 Å². The topological polar surface area (TPSA) is 79.6 Å². The average molecular weight is 444 g/mol. The number of rotatable bonds is 5. The van der Waals surface area contributed by atoms with Crippen molar-refractivity contribution in [1.82, 2.24) is 10.6 Å². The van der Waals surface area contributed by atoms with Gasteiger partial charge in [0.2, 0.25) is 0 Å². The third-order valence-electron chi connectivity index (χ3n) is 4.43. The number of hydrogen-bond acceptors (Lipinski definition) is 3. The lowest BCUT2D eigenvalue weighted by Crippen LogP contribution is -2.45. The lowest BCUT2D eigenvalue weighted by Gasteiger charge is -2.25. The van der Waals surface area contributed by atoms with Crippen molar-refractivity contribution in [3.8, 4) is 0 Å². The van der Waals surface area contributed by atoms with Crippen molar-refractivity contribution in [1.29, 1.82) is 0 Å². The van der Waals surface area contributed by atoms with Gasteiger partial charge in [0.05, 0.1) is 11.5 Å². The molecule has 1 aromatic rings. The highest BCUT2D eigenvalue weighted by molar-refractivity contribution is 14.0. The number of halogens is 1. The van der Waals surface area contributed by atoms with Gasteiger partial charge >= 0.3 is 0 Å². The predicted octanol–water partition coefficient (Wildman–Crippen LogP) is 3.74. The second kappa shape index (κ2) is 9.19. The molecule has 0 radical (unpaired) electrons. The number of nitrogens with one attached hydrogen (secondary N) is 2. The van der Waals surface area contributed by atoms with Crippen molar-refractivity contribution in [3.05, 3.63) is 39.9 Å². The Kier molecular flexibility index (Phi) is 7.26. The van der Waals surface area contributed by atoms with Crippen molar-refractivity contribution in [3.63, 3.8) is 0 Å². The van der Waals surface area contributed by atoms with Crippen LogP contribution >= 0.6 is 24.0 Å². The van der Waals surface area contributed by atoms with E-state index in [9.17, 15) is 10.1 Å². The highest BCUT2D eigenvalue weighted by atomic mass is 127. The average Bonchev–Trinajstić information content (AvgIpc) is 3.38. The van der Waals surface area contributed by atoms with Crippen LogP contribution in [0.3, 0.4) is 0 Å². The molecule has 3 rings (SSSR count). The molecule has 0 bridgehead atoms. The summed E-state index contributed by atoms with van der Waals surface area (Å²) >= 11 is 0. The Hall–Kier alpha value is -1.38.